The molecule has 0 radical (unpaired) electrons. The first kappa shape index (κ1) is 16.4. The molecular formula is C16H24O2. The Labute approximate surface area is 111 Å². The molecule has 100 valence electrons. The van der Waals surface area contributed by atoms with Crippen molar-refractivity contribution in [2.75, 3.05) is 6.61 Å². The summed E-state index contributed by atoms with van der Waals surface area (Å²) in [5.41, 5.74) is 2.68. The van der Waals surface area contributed by atoms with Crippen molar-refractivity contribution in [2.24, 2.45) is 0 Å². The van der Waals surface area contributed by atoms with E-state index in [0.29, 0.717) is 6.61 Å². The monoisotopic (exact) mass is 248 g/mol. The van der Waals surface area contributed by atoms with Crippen molar-refractivity contribution >= 4 is 5.97 Å². The molecule has 0 aromatic rings. The first-order chi connectivity index (χ1) is 8.56. The Morgan fingerprint density at radius 1 is 1.11 bits per heavy atom. The molecule has 0 N–H and O–H groups in total. The third-order valence-electron chi connectivity index (χ3n) is 2.21. The molecule has 0 bridgehead atoms. The van der Waals surface area contributed by atoms with E-state index in [0.717, 1.165) is 12.8 Å². The molecule has 0 spiro atoms. The van der Waals surface area contributed by atoms with Crippen LogP contribution in [-0.4, -0.2) is 12.6 Å². The van der Waals surface area contributed by atoms with Crippen LogP contribution in [0.1, 0.15) is 40.5 Å². The molecule has 0 aromatic carbocycles. The predicted octanol–water partition coefficient (Wildman–Crippen LogP) is 4.35. The molecule has 0 unspecified atom stereocenters. The SMILES string of the molecule is CCOC(=O)/C=C/C=C\C=C(\C)CCC=C(C)C. The molecule has 0 heterocycles. The third-order valence-corrected chi connectivity index (χ3v) is 2.21. The normalized spacial score (nSPS) is 12.1. The summed E-state index contributed by atoms with van der Waals surface area (Å²) in [7, 11) is 0. The van der Waals surface area contributed by atoms with Gasteiger partial charge in [-0.2, -0.15) is 0 Å². The number of carbonyl (C=O) groups excluding carboxylic acids is 1. The van der Waals surface area contributed by atoms with Crippen molar-refractivity contribution < 1.29 is 9.53 Å². The molecule has 0 fully saturated rings. The molecule has 0 aliphatic heterocycles. The third kappa shape index (κ3) is 10.9. The van der Waals surface area contributed by atoms with Crippen LogP contribution in [0.4, 0.5) is 0 Å². The van der Waals surface area contributed by atoms with Crippen LogP contribution in [0.3, 0.4) is 0 Å². The zero-order valence-electron chi connectivity index (χ0n) is 11.9. The van der Waals surface area contributed by atoms with Crippen LogP contribution in [0.15, 0.2) is 47.6 Å². The highest BCUT2D eigenvalue weighted by atomic mass is 16.5. The average molecular weight is 248 g/mol. The van der Waals surface area contributed by atoms with Crippen LogP contribution < -0.4 is 0 Å². The van der Waals surface area contributed by atoms with Gasteiger partial charge in [0.1, 0.15) is 0 Å². The summed E-state index contributed by atoms with van der Waals surface area (Å²) in [6.45, 7) is 8.53. The fourth-order valence-electron chi connectivity index (χ4n) is 1.28. The number of ether oxygens (including phenoxy) is 1. The van der Waals surface area contributed by atoms with E-state index in [1.807, 2.05) is 12.2 Å². The van der Waals surface area contributed by atoms with E-state index in [9.17, 15) is 4.79 Å². The van der Waals surface area contributed by atoms with Gasteiger partial charge < -0.3 is 4.74 Å². The molecule has 0 saturated heterocycles. The van der Waals surface area contributed by atoms with Crippen LogP contribution in [-0.2, 0) is 9.53 Å². The van der Waals surface area contributed by atoms with Gasteiger partial charge in [0.2, 0.25) is 0 Å². The van der Waals surface area contributed by atoms with E-state index in [2.05, 4.69) is 32.9 Å². The van der Waals surface area contributed by atoms with Crippen molar-refractivity contribution in [1.82, 2.24) is 0 Å². The summed E-state index contributed by atoms with van der Waals surface area (Å²) < 4.78 is 4.76. The molecular weight excluding hydrogens is 224 g/mol. The number of rotatable bonds is 7. The summed E-state index contributed by atoms with van der Waals surface area (Å²) in [4.78, 5) is 11.0. The first-order valence-electron chi connectivity index (χ1n) is 6.37. The lowest BCUT2D eigenvalue weighted by molar-refractivity contribution is -0.137. The van der Waals surface area contributed by atoms with E-state index < -0.39 is 0 Å². The summed E-state index contributed by atoms with van der Waals surface area (Å²) in [6, 6.07) is 0. The number of hydrogen-bond acceptors (Lipinski definition) is 2. The Hall–Kier alpha value is -1.57. The Bertz CT molecular complexity index is 353. The van der Waals surface area contributed by atoms with E-state index in [4.69, 9.17) is 4.74 Å². The van der Waals surface area contributed by atoms with Crippen LogP contribution in [0, 0.1) is 0 Å². The van der Waals surface area contributed by atoms with Gasteiger partial charge in [-0.25, -0.2) is 4.79 Å². The summed E-state index contributed by atoms with van der Waals surface area (Å²) in [5.74, 6) is -0.300. The quantitative estimate of drug-likeness (QED) is 0.290. The van der Waals surface area contributed by atoms with Crippen molar-refractivity contribution in [3.05, 3.63) is 47.6 Å². The molecule has 2 nitrogen and oxygen atoms in total. The average Bonchev–Trinajstić information content (AvgIpc) is 2.28. The van der Waals surface area contributed by atoms with Gasteiger partial charge in [-0.1, -0.05) is 41.5 Å². The maximum Gasteiger partial charge on any atom is 0.330 e. The van der Waals surface area contributed by atoms with Gasteiger partial charge in [0.05, 0.1) is 6.61 Å². The van der Waals surface area contributed by atoms with Gasteiger partial charge in [-0.3, -0.25) is 0 Å². The van der Waals surface area contributed by atoms with Gasteiger partial charge in [-0.05, 0) is 40.5 Å². The minimum atomic E-state index is -0.300. The van der Waals surface area contributed by atoms with Crippen LogP contribution in [0.2, 0.25) is 0 Å². The van der Waals surface area contributed by atoms with Crippen molar-refractivity contribution in [2.45, 2.75) is 40.5 Å². The molecule has 18 heavy (non-hydrogen) atoms. The minimum absolute atomic E-state index is 0.300. The van der Waals surface area contributed by atoms with Gasteiger partial charge in [0.15, 0.2) is 0 Å². The maximum atomic E-state index is 11.0. The predicted molar refractivity (Wildman–Crippen MR) is 77.3 cm³/mol. The Morgan fingerprint density at radius 3 is 2.44 bits per heavy atom. The maximum absolute atomic E-state index is 11.0. The molecule has 0 aliphatic carbocycles. The Morgan fingerprint density at radius 2 is 1.83 bits per heavy atom. The largest absolute Gasteiger partial charge is 0.463 e. The molecule has 2 heteroatoms. The molecule has 0 rings (SSSR count). The molecule has 0 saturated carbocycles. The highest BCUT2D eigenvalue weighted by Crippen LogP contribution is 2.06. The van der Waals surface area contributed by atoms with Crippen molar-refractivity contribution in [1.29, 1.82) is 0 Å². The highest BCUT2D eigenvalue weighted by Gasteiger charge is 1.90. The van der Waals surface area contributed by atoms with Gasteiger partial charge >= 0.3 is 5.97 Å². The molecule has 0 aliphatic rings. The van der Waals surface area contributed by atoms with Gasteiger partial charge in [0, 0.05) is 6.08 Å². The van der Waals surface area contributed by atoms with Crippen LogP contribution in [0.5, 0.6) is 0 Å². The molecule has 0 amide bonds. The second kappa shape index (κ2) is 10.6. The second-order valence-electron chi connectivity index (χ2n) is 4.33. The lowest BCUT2D eigenvalue weighted by Gasteiger charge is -1.96. The van der Waals surface area contributed by atoms with Crippen molar-refractivity contribution in [3.8, 4) is 0 Å². The molecule has 0 aromatic heterocycles. The number of carbonyl (C=O) groups is 1. The lowest BCUT2D eigenvalue weighted by atomic mass is 10.1. The smallest absolute Gasteiger partial charge is 0.330 e. The first-order valence-corrected chi connectivity index (χ1v) is 6.37. The molecule has 0 atom stereocenters. The van der Waals surface area contributed by atoms with Gasteiger partial charge in [0.25, 0.3) is 0 Å². The van der Waals surface area contributed by atoms with E-state index in [-0.39, 0.29) is 5.97 Å². The highest BCUT2D eigenvalue weighted by molar-refractivity contribution is 5.82. The van der Waals surface area contributed by atoms with Crippen LogP contribution in [0.25, 0.3) is 0 Å². The van der Waals surface area contributed by atoms with E-state index >= 15 is 0 Å². The zero-order valence-corrected chi connectivity index (χ0v) is 11.9. The fraction of sp³-hybridized carbons (Fsp3) is 0.438. The lowest BCUT2D eigenvalue weighted by Crippen LogP contribution is -1.98. The topological polar surface area (TPSA) is 26.3 Å². The number of allylic oxidation sites excluding steroid dienone is 7. The number of hydrogen-bond donors (Lipinski definition) is 0. The fourth-order valence-corrected chi connectivity index (χ4v) is 1.28. The van der Waals surface area contributed by atoms with E-state index in [1.165, 1.54) is 17.2 Å². The van der Waals surface area contributed by atoms with Crippen LogP contribution >= 0.6 is 0 Å². The standard InChI is InChI=1S/C16H24O2/c1-5-18-16(17)13-8-6-7-11-15(4)12-9-10-14(2)3/h6-8,10-11,13H,5,9,12H2,1-4H3/b7-6-,13-8+,15-11-. The second-order valence-corrected chi connectivity index (χ2v) is 4.33. The summed E-state index contributed by atoms with van der Waals surface area (Å²) >= 11 is 0. The minimum Gasteiger partial charge on any atom is -0.463 e. The van der Waals surface area contributed by atoms with Crippen molar-refractivity contribution in [3.63, 3.8) is 0 Å². The Balaban J connectivity index is 3.98. The van der Waals surface area contributed by atoms with Gasteiger partial charge in [-0.15, -0.1) is 0 Å². The Kier molecular flexibility index (Phi) is 9.65. The summed E-state index contributed by atoms with van der Waals surface area (Å²) in [6.07, 6.45) is 13.3. The number of esters is 1. The zero-order chi connectivity index (χ0) is 13.8. The summed E-state index contributed by atoms with van der Waals surface area (Å²) in [5, 5.41) is 0. The van der Waals surface area contributed by atoms with E-state index in [1.54, 1.807) is 13.0 Å².